The lowest BCUT2D eigenvalue weighted by Gasteiger charge is -2.26. The number of nitrogens with zero attached hydrogens (tertiary/aromatic N) is 2. The Hall–Kier alpha value is -1.66. The van der Waals surface area contributed by atoms with Crippen molar-refractivity contribution in [1.29, 1.82) is 0 Å². The van der Waals surface area contributed by atoms with Crippen LogP contribution >= 0.6 is 36.4 Å². The van der Waals surface area contributed by atoms with E-state index < -0.39 is 0 Å². The van der Waals surface area contributed by atoms with Gasteiger partial charge in [-0.15, -0.1) is 24.8 Å². The maximum atomic E-state index is 13.1. The number of nitrogen functional groups attached to an aromatic ring is 1. The topological polar surface area (TPSA) is 58.8 Å². The van der Waals surface area contributed by atoms with E-state index in [1.165, 1.54) is 12.7 Å². The molecule has 3 rings (SSSR count). The third kappa shape index (κ3) is 6.16. The fourth-order valence-electron chi connectivity index (χ4n) is 3.44. The van der Waals surface area contributed by atoms with Gasteiger partial charge < -0.3 is 15.4 Å². The Morgan fingerprint density at radius 2 is 1.86 bits per heavy atom. The summed E-state index contributed by atoms with van der Waals surface area (Å²) >= 11 is 6.14. The number of halogens is 3. The van der Waals surface area contributed by atoms with Crippen molar-refractivity contribution in [2.24, 2.45) is 0 Å². The smallest absolute Gasteiger partial charge is 0.257 e. The number of anilines is 1. The fourth-order valence-corrected chi connectivity index (χ4v) is 3.60. The Morgan fingerprint density at radius 3 is 2.52 bits per heavy atom. The van der Waals surface area contributed by atoms with Gasteiger partial charge in [0.25, 0.3) is 5.91 Å². The second-order valence-electron chi connectivity index (χ2n) is 6.96. The highest BCUT2D eigenvalue weighted by Gasteiger charge is 2.26. The van der Waals surface area contributed by atoms with Gasteiger partial charge in [0.1, 0.15) is 5.75 Å². The molecule has 1 aliphatic heterocycles. The van der Waals surface area contributed by atoms with Crippen molar-refractivity contribution < 1.29 is 9.53 Å². The first-order chi connectivity index (χ1) is 13.0. The molecule has 1 amide bonds. The van der Waals surface area contributed by atoms with Crippen LogP contribution in [0.25, 0.3) is 0 Å². The number of carbonyl (C=O) groups excluding carboxylic acids is 1. The second-order valence-corrected chi connectivity index (χ2v) is 7.37. The first-order valence-corrected chi connectivity index (χ1v) is 9.57. The van der Waals surface area contributed by atoms with Gasteiger partial charge in [0.05, 0.1) is 23.4 Å². The highest BCUT2D eigenvalue weighted by Crippen LogP contribution is 2.30. The number of amides is 1. The van der Waals surface area contributed by atoms with Gasteiger partial charge in [0.15, 0.2) is 0 Å². The predicted octanol–water partition coefficient (Wildman–Crippen LogP) is 4.51. The van der Waals surface area contributed by atoms with Crippen LogP contribution in [0.1, 0.15) is 29.3 Å². The molecule has 2 aromatic carbocycles. The van der Waals surface area contributed by atoms with Crippen molar-refractivity contribution in [2.45, 2.75) is 25.9 Å². The summed E-state index contributed by atoms with van der Waals surface area (Å²) in [5.74, 6) is 0.392. The molecule has 0 spiro atoms. The molecule has 1 unspecified atom stereocenters. The summed E-state index contributed by atoms with van der Waals surface area (Å²) in [6, 6.07) is 14.0. The average Bonchev–Trinajstić information content (AvgIpc) is 2.86. The molecule has 5 nitrogen and oxygen atoms in total. The van der Waals surface area contributed by atoms with Crippen LogP contribution < -0.4 is 10.5 Å². The molecule has 1 aliphatic rings. The molecule has 1 heterocycles. The second kappa shape index (κ2) is 11.5. The first kappa shape index (κ1) is 25.4. The van der Waals surface area contributed by atoms with Crippen molar-refractivity contribution in [3.05, 3.63) is 58.6 Å². The Labute approximate surface area is 190 Å². The average molecular weight is 461 g/mol. The van der Waals surface area contributed by atoms with E-state index in [1.54, 1.807) is 12.1 Å². The maximum Gasteiger partial charge on any atom is 0.257 e. The van der Waals surface area contributed by atoms with E-state index in [0.717, 1.165) is 19.5 Å². The summed E-state index contributed by atoms with van der Waals surface area (Å²) in [6.07, 6.45) is 0.920. The van der Waals surface area contributed by atoms with Crippen LogP contribution in [0.15, 0.2) is 42.5 Å². The highest BCUT2D eigenvalue weighted by molar-refractivity contribution is 6.33. The molecule has 29 heavy (non-hydrogen) atoms. The lowest BCUT2D eigenvalue weighted by Crippen LogP contribution is -2.36. The van der Waals surface area contributed by atoms with Gasteiger partial charge in [-0.05, 0) is 25.0 Å². The SMILES string of the molecule is COc1cc(N)c(Cl)cc1C(=O)N1CCC(C)N(Cc2ccccc2)CC1.Cl.Cl. The summed E-state index contributed by atoms with van der Waals surface area (Å²) in [6.45, 7) is 5.31. The summed E-state index contributed by atoms with van der Waals surface area (Å²) in [7, 11) is 1.53. The van der Waals surface area contributed by atoms with Crippen molar-refractivity contribution in [3.8, 4) is 5.75 Å². The normalized spacial score (nSPS) is 16.9. The van der Waals surface area contributed by atoms with Crippen molar-refractivity contribution in [3.63, 3.8) is 0 Å². The largest absolute Gasteiger partial charge is 0.496 e. The van der Waals surface area contributed by atoms with Crippen LogP contribution in [0.2, 0.25) is 5.02 Å². The first-order valence-electron chi connectivity index (χ1n) is 9.20. The van der Waals surface area contributed by atoms with Crippen LogP contribution in [0, 0.1) is 0 Å². The number of carbonyl (C=O) groups is 1. The molecule has 2 aromatic rings. The minimum Gasteiger partial charge on any atom is -0.496 e. The molecular formula is C21H28Cl3N3O2. The van der Waals surface area contributed by atoms with Gasteiger partial charge in [0, 0.05) is 38.3 Å². The van der Waals surface area contributed by atoms with Crippen LogP contribution in [-0.2, 0) is 6.54 Å². The summed E-state index contributed by atoms with van der Waals surface area (Å²) in [4.78, 5) is 17.4. The molecule has 1 atom stereocenters. The number of hydrogen-bond donors (Lipinski definition) is 1. The zero-order chi connectivity index (χ0) is 19.4. The summed E-state index contributed by atoms with van der Waals surface area (Å²) < 4.78 is 5.35. The molecule has 0 aliphatic carbocycles. The molecule has 0 radical (unpaired) electrons. The third-order valence-electron chi connectivity index (χ3n) is 5.16. The predicted molar refractivity (Wildman–Crippen MR) is 124 cm³/mol. The third-order valence-corrected chi connectivity index (χ3v) is 5.49. The quantitative estimate of drug-likeness (QED) is 0.682. The zero-order valence-corrected chi connectivity index (χ0v) is 19.0. The number of methoxy groups -OCH3 is 1. The van der Waals surface area contributed by atoms with Gasteiger partial charge in [-0.3, -0.25) is 9.69 Å². The van der Waals surface area contributed by atoms with E-state index in [1.807, 2.05) is 11.0 Å². The minimum atomic E-state index is -0.0671. The van der Waals surface area contributed by atoms with E-state index >= 15 is 0 Å². The molecule has 1 saturated heterocycles. The number of nitrogens with two attached hydrogens (primary N) is 1. The van der Waals surface area contributed by atoms with Crippen LogP contribution in [0.4, 0.5) is 5.69 Å². The van der Waals surface area contributed by atoms with E-state index in [4.69, 9.17) is 22.1 Å². The van der Waals surface area contributed by atoms with Gasteiger partial charge in [-0.25, -0.2) is 0 Å². The molecule has 8 heteroatoms. The van der Waals surface area contributed by atoms with Gasteiger partial charge >= 0.3 is 0 Å². The van der Waals surface area contributed by atoms with Crippen LogP contribution in [0.5, 0.6) is 5.75 Å². The van der Waals surface area contributed by atoms with E-state index in [9.17, 15) is 4.79 Å². The van der Waals surface area contributed by atoms with E-state index in [0.29, 0.717) is 41.2 Å². The lowest BCUT2D eigenvalue weighted by molar-refractivity contribution is 0.0757. The van der Waals surface area contributed by atoms with Crippen molar-refractivity contribution in [2.75, 3.05) is 32.5 Å². The van der Waals surface area contributed by atoms with Crippen molar-refractivity contribution >= 4 is 48.0 Å². The molecule has 1 fully saturated rings. The van der Waals surface area contributed by atoms with Gasteiger partial charge in [-0.2, -0.15) is 0 Å². The Kier molecular flexibility index (Phi) is 10.1. The fraction of sp³-hybridized carbons (Fsp3) is 0.381. The Morgan fingerprint density at radius 1 is 1.17 bits per heavy atom. The molecular weight excluding hydrogens is 433 g/mol. The van der Waals surface area contributed by atoms with Crippen LogP contribution in [0.3, 0.4) is 0 Å². The molecule has 2 N–H and O–H groups in total. The standard InChI is InChI=1S/C21H26ClN3O2.2ClH/c1-15-8-9-24(10-11-25(15)14-16-6-4-3-5-7-16)21(26)17-12-18(22)19(23)13-20(17)27-2;;/h3-7,12-13,15H,8-11,14,23H2,1-2H3;2*1H. The molecule has 160 valence electrons. The number of hydrogen-bond acceptors (Lipinski definition) is 4. The van der Waals surface area contributed by atoms with Crippen LogP contribution in [-0.4, -0.2) is 48.5 Å². The molecule has 0 bridgehead atoms. The summed E-state index contributed by atoms with van der Waals surface area (Å²) in [5.41, 5.74) is 7.99. The Balaban J connectivity index is 0.00000210. The lowest BCUT2D eigenvalue weighted by atomic mass is 10.1. The van der Waals surface area contributed by atoms with Crippen molar-refractivity contribution in [1.82, 2.24) is 9.80 Å². The summed E-state index contributed by atoms with van der Waals surface area (Å²) in [5, 5.41) is 0.369. The maximum absolute atomic E-state index is 13.1. The number of rotatable bonds is 4. The number of benzene rings is 2. The Bertz CT molecular complexity index is 805. The monoisotopic (exact) mass is 459 g/mol. The molecule has 0 saturated carbocycles. The van der Waals surface area contributed by atoms with Gasteiger partial charge in [-0.1, -0.05) is 41.9 Å². The zero-order valence-electron chi connectivity index (χ0n) is 16.6. The highest BCUT2D eigenvalue weighted by atomic mass is 35.5. The van der Waals surface area contributed by atoms with E-state index in [-0.39, 0.29) is 30.7 Å². The van der Waals surface area contributed by atoms with E-state index in [2.05, 4.69) is 36.1 Å². The minimum absolute atomic E-state index is 0. The van der Waals surface area contributed by atoms with Gasteiger partial charge in [0.2, 0.25) is 0 Å². The number of ether oxygens (including phenoxy) is 1. The molecule has 0 aromatic heterocycles.